The first kappa shape index (κ1) is 12.6. The van der Waals surface area contributed by atoms with Crippen LogP contribution in [0.2, 0.25) is 0 Å². The van der Waals surface area contributed by atoms with Gasteiger partial charge in [0.15, 0.2) is 0 Å². The summed E-state index contributed by atoms with van der Waals surface area (Å²) in [6.07, 6.45) is 0.708. The van der Waals surface area contributed by atoms with Crippen molar-refractivity contribution in [3.63, 3.8) is 0 Å². The molecule has 0 saturated heterocycles. The number of hydrogen-bond donors (Lipinski definition) is 1. The molecule has 3 heteroatoms. The maximum Gasteiger partial charge on any atom is 0.328 e. The first-order valence-corrected chi connectivity index (χ1v) is 5.50. The van der Waals surface area contributed by atoms with Crippen molar-refractivity contribution in [3.8, 4) is 0 Å². The standard InChI is InChI=1S/C13H19NO2/c1-5-12(13(15)16-4)14-11-7-6-9(2)10(3)8-11/h6-8,12,14H,5H2,1-4H3. The summed E-state index contributed by atoms with van der Waals surface area (Å²) in [6, 6.07) is 5.79. The van der Waals surface area contributed by atoms with Gasteiger partial charge in [0.05, 0.1) is 7.11 Å². The first-order valence-electron chi connectivity index (χ1n) is 5.50. The maximum atomic E-state index is 11.4. The van der Waals surface area contributed by atoms with Crippen molar-refractivity contribution in [2.24, 2.45) is 0 Å². The quantitative estimate of drug-likeness (QED) is 0.794. The minimum Gasteiger partial charge on any atom is -0.467 e. The van der Waals surface area contributed by atoms with Gasteiger partial charge in [-0.15, -0.1) is 0 Å². The van der Waals surface area contributed by atoms with E-state index in [2.05, 4.69) is 19.2 Å². The fourth-order valence-electron chi connectivity index (χ4n) is 1.50. The summed E-state index contributed by atoms with van der Waals surface area (Å²) in [4.78, 5) is 11.4. The Bertz CT molecular complexity index is 374. The molecule has 0 amide bonds. The molecule has 0 fully saturated rings. The SMILES string of the molecule is CCC(Nc1ccc(C)c(C)c1)C(=O)OC. The van der Waals surface area contributed by atoms with Crippen LogP contribution < -0.4 is 5.32 Å². The second-order valence-corrected chi connectivity index (χ2v) is 3.93. The van der Waals surface area contributed by atoms with Crippen LogP contribution in [0.15, 0.2) is 18.2 Å². The van der Waals surface area contributed by atoms with Crippen LogP contribution >= 0.6 is 0 Å². The van der Waals surface area contributed by atoms with E-state index in [0.29, 0.717) is 6.42 Å². The van der Waals surface area contributed by atoms with Gasteiger partial charge in [-0.2, -0.15) is 0 Å². The number of ether oxygens (including phenoxy) is 1. The van der Waals surface area contributed by atoms with Gasteiger partial charge in [-0.05, 0) is 43.5 Å². The molecular formula is C13H19NO2. The van der Waals surface area contributed by atoms with Crippen LogP contribution in [0.25, 0.3) is 0 Å². The van der Waals surface area contributed by atoms with Gasteiger partial charge in [0.25, 0.3) is 0 Å². The Balaban J connectivity index is 2.78. The number of benzene rings is 1. The summed E-state index contributed by atoms with van der Waals surface area (Å²) < 4.78 is 4.73. The largest absolute Gasteiger partial charge is 0.467 e. The number of methoxy groups -OCH3 is 1. The highest BCUT2D eigenvalue weighted by Gasteiger charge is 2.16. The van der Waals surface area contributed by atoms with E-state index in [4.69, 9.17) is 4.74 Å². The maximum absolute atomic E-state index is 11.4. The van der Waals surface area contributed by atoms with Crippen molar-refractivity contribution in [1.82, 2.24) is 0 Å². The van der Waals surface area contributed by atoms with Crippen LogP contribution in [0.5, 0.6) is 0 Å². The van der Waals surface area contributed by atoms with Gasteiger partial charge in [-0.25, -0.2) is 4.79 Å². The monoisotopic (exact) mass is 221 g/mol. The van der Waals surface area contributed by atoms with E-state index in [0.717, 1.165) is 5.69 Å². The lowest BCUT2D eigenvalue weighted by atomic mass is 10.1. The van der Waals surface area contributed by atoms with Crippen molar-refractivity contribution in [2.75, 3.05) is 12.4 Å². The Kier molecular flexibility index (Phi) is 4.35. The number of anilines is 1. The predicted molar refractivity (Wildman–Crippen MR) is 65.6 cm³/mol. The molecule has 16 heavy (non-hydrogen) atoms. The van der Waals surface area contributed by atoms with Gasteiger partial charge in [-0.1, -0.05) is 13.0 Å². The number of nitrogens with one attached hydrogen (secondary N) is 1. The van der Waals surface area contributed by atoms with Gasteiger partial charge in [0.1, 0.15) is 6.04 Å². The Labute approximate surface area is 96.8 Å². The van der Waals surface area contributed by atoms with E-state index in [1.54, 1.807) is 0 Å². The summed E-state index contributed by atoms with van der Waals surface area (Å²) >= 11 is 0. The molecule has 88 valence electrons. The molecule has 1 N–H and O–H groups in total. The summed E-state index contributed by atoms with van der Waals surface area (Å²) in [5.41, 5.74) is 3.42. The molecule has 0 aromatic heterocycles. The van der Waals surface area contributed by atoms with Gasteiger partial charge in [0, 0.05) is 5.69 Å². The summed E-state index contributed by atoms with van der Waals surface area (Å²) in [7, 11) is 1.41. The average Bonchev–Trinajstić information content (AvgIpc) is 2.29. The number of rotatable bonds is 4. The average molecular weight is 221 g/mol. The Morgan fingerprint density at radius 2 is 2.06 bits per heavy atom. The molecule has 3 nitrogen and oxygen atoms in total. The lowest BCUT2D eigenvalue weighted by Gasteiger charge is -2.16. The molecule has 0 aliphatic heterocycles. The Morgan fingerprint density at radius 1 is 1.38 bits per heavy atom. The Hall–Kier alpha value is -1.51. The van der Waals surface area contributed by atoms with Crippen molar-refractivity contribution < 1.29 is 9.53 Å². The van der Waals surface area contributed by atoms with Crippen LogP contribution in [-0.4, -0.2) is 19.1 Å². The molecule has 0 bridgehead atoms. The highest BCUT2D eigenvalue weighted by molar-refractivity contribution is 5.79. The highest BCUT2D eigenvalue weighted by Crippen LogP contribution is 2.16. The zero-order valence-electron chi connectivity index (χ0n) is 10.3. The number of hydrogen-bond acceptors (Lipinski definition) is 3. The number of carbonyl (C=O) groups excluding carboxylic acids is 1. The zero-order valence-corrected chi connectivity index (χ0v) is 10.3. The molecule has 0 radical (unpaired) electrons. The van der Waals surface area contributed by atoms with E-state index < -0.39 is 0 Å². The molecule has 0 aliphatic rings. The number of aryl methyl sites for hydroxylation is 2. The van der Waals surface area contributed by atoms with Crippen LogP contribution in [0.1, 0.15) is 24.5 Å². The molecule has 1 unspecified atom stereocenters. The fourth-order valence-corrected chi connectivity index (χ4v) is 1.50. The topological polar surface area (TPSA) is 38.3 Å². The van der Waals surface area contributed by atoms with Crippen molar-refractivity contribution in [2.45, 2.75) is 33.2 Å². The minimum atomic E-state index is -0.271. The lowest BCUT2D eigenvalue weighted by molar-refractivity contribution is -0.141. The van der Waals surface area contributed by atoms with Crippen LogP contribution in [-0.2, 0) is 9.53 Å². The minimum absolute atomic E-state index is 0.222. The number of esters is 1. The highest BCUT2D eigenvalue weighted by atomic mass is 16.5. The second-order valence-electron chi connectivity index (χ2n) is 3.93. The molecular weight excluding hydrogens is 202 g/mol. The summed E-state index contributed by atoms with van der Waals surface area (Å²) in [5, 5.41) is 3.17. The molecule has 0 saturated carbocycles. The third-order valence-corrected chi connectivity index (χ3v) is 2.74. The normalized spacial score (nSPS) is 12.0. The third kappa shape index (κ3) is 2.99. The van der Waals surface area contributed by atoms with E-state index in [1.165, 1.54) is 18.2 Å². The van der Waals surface area contributed by atoms with Crippen LogP contribution in [0.3, 0.4) is 0 Å². The molecule has 1 aromatic carbocycles. The third-order valence-electron chi connectivity index (χ3n) is 2.74. The van der Waals surface area contributed by atoms with E-state index in [9.17, 15) is 4.79 Å². The van der Waals surface area contributed by atoms with Gasteiger partial charge in [-0.3, -0.25) is 0 Å². The molecule has 0 heterocycles. The number of carbonyl (C=O) groups is 1. The lowest BCUT2D eigenvalue weighted by Crippen LogP contribution is -2.29. The first-order chi connectivity index (χ1) is 7.58. The van der Waals surface area contributed by atoms with Crippen LogP contribution in [0, 0.1) is 13.8 Å². The second kappa shape index (κ2) is 5.54. The van der Waals surface area contributed by atoms with Gasteiger partial charge < -0.3 is 10.1 Å². The zero-order chi connectivity index (χ0) is 12.1. The van der Waals surface area contributed by atoms with Crippen molar-refractivity contribution in [3.05, 3.63) is 29.3 Å². The summed E-state index contributed by atoms with van der Waals surface area (Å²) in [6.45, 7) is 6.08. The van der Waals surface area contributed by atoms with Crippen molar-refractivity contribution in [1.29, 1.82) is 0 Å². The van der Waals surface area contributed by atoms with E-state index in [1.807, 2.05) is 25.1 Å². The Morgan fingerprint density at radius 3 is 2.56 bits per heavy atom. The predicted octanol–water partition coefficient (Wildman–Crippen LogP) is 2.67. The van der Waals surface area contributed by atoms with Gasteiger partial charge in [0.2, 0.25) is 0 Å². The van der Waals surface area contributed by atoms with Gasteiger partial charge >= 0.3 is 5.97 Å². The van der Waals surface area contributed by atoms with Crippen molar-refractivity contribution >= 4 is 11.7 Å². The molecule has 1 atom stereocenters. The van der Waals surface area contributed by atoms with Crippen LogP contribution in [0.4, 0.5) is 5.69 Å². The van der Waals surface area contributed by atoms with E-state index >= 15 is 0 Å². The molecule has 0 spiro atoms. The smallest absolute Gasteiger partial charge is 0.328 e. The fraction of sp³-hybridized carbons (Fsp3) is 0.462. The molecule has 1 aromatic rings. The molecule has 0 aliphatic carbocycles. The summed E-state index contributed by atoms with van der Waals surface area (Å²) in [5.74, 6) is -0.222. The molecule has 1 rings (SSSR count). The van der Waals surface area contributed by atoms with E-state index in [-0.39, 0.29) is 12.0 Å².